The lowest BCUT2D eigenvalue weighted by Gasteiger charge is -2.32. The van der Waals surface area contributed by atoms with Crippen LogP contribution in [-0.4, -0.2) is 52.2 Å². The maximum atomic E-state index is 13.4. The largest absolute Gasteiger partial charge is 0.477 e. The van der Waals surface area contributed by atoms with Crippen LogP contribution in [0.1, 0.15) is 26.2 Å². The Morgan fingerprint density at radius 1 is 1.44 bits per heavy atom. The van der Waals surface area contributed by atoms with Gasteiger partial charge in [-0.1, -0.05) is 6.92 Å². The summed E-state index contributed by atoms with van der Waals surface area (Å²) in [6, 6.07) is 0. The summed E-state index contributed by atoms with van der Waals surface area (Å²) >= 11 is 0. The smallest absolute Gasteiger partial charge is 0.377 e. The maximum absolute atomic E-state index is 13.4. The zero-order valence-corrected chi connectivity index (χ0v) is 9.25. The quantitative estimate of drug-likeness (QED) is 0.767. The summed E-state index contributed by atoms with van der Waals surface area (Å²) < 4.78 is 26.7. The predicted molar refractivity (Wildman–Crippen MR) is 53.5 cm³/mol. The number of hydrogen-bond acceptors (Lipinski definition) is 3. The molecule has 1 aliphatic rings. The Bertz CT molecular complexity index is 273. The van der Waals surface area contributed by atoms with Crippen molar-refractivity contribution in [2.45, 2.75) is 37.7 Å². The fraction of sp³-hybridized carbons (Fsp3) is 0.900. The monoisotopic (exact) mass is 237 g/mol. The van der Waals surface area contributed by atoms with Crippen LogP contribution in [-0.2, 0) is 4.79 Å². The van der Waals surface area contributed by atoms with Crippen molar-refractivity contribution in [1.82, 2.24) is 4.90 Å². The fourth-order valence-electron chi connectivity index (χ4n) is 2.00. The van der Waals surface area contributed by atoms with E-state index in [0.29, 0.717) is 26.1 Å². The number of carbonyl (C=O) groups is 1. The molecule has 2 N–H and O–H groups in total. The third-order valence-electron chi connectivity index (χ3n) is 3.21. The van der Waals surface area contributed by atoms with Gasteiger partial charge in [-0.2, -0.15) is 8.78 Å². The molecule has 1 atom stereocenters. The van der Waals surface area contributed by atoms with Gasteiger partial charge in [0.2, 0.25) is 0 Å². The maximum Gasteiger partial charge on any atom is 0.377 e. The minimum Gasteiger partial charge on any atom is -0.477 e. The zero-order valence-electron chi connectivity index (χ0n) is 9.25. The molecule has 1 fully saturated rings. The van der Waals surface area contributed by atoms with Crippen LogP contribution >= 0.6 is 0 Å². The summed E-state index contributed by atoms with van der Waals surface area (Å²) in [5, 5.41) is 18.3. The summed E-state index contributed by atoms with van der Waals surface area (Å²) in [6.45, 7) is 3.54. The van der Waals surface area contributed by atoms with Crippen molar-refractivity contribution in [3.8, 4) is 0 Å². The third kappa shape index (κ3) is 2.32. The normalized spacial score (nSPS) is 28.8. The highest BCUT2D eigenvalue weighted by atomic mass is 19.3. The Morgan fingerprint density at radius 3 is 2.56 bits per heavy atom. The van der Waals surface area contributed by atoms with Gasteiger partial charge < -0.3 is 15.1 Å². The number of nitrogens with zero attached hydrogens (tertiary/aromatic N) is 1. The molecule has 0 aromatic carbocycles. The van der Waals surface area contributed by atoms with E-state index in [2.05, 4.69) is 0 Å². The Balaban J connectivity index is 2.81. The summed E-state index contributed by atoms with van der Waals surface area (Å²) in [6.07, 6.45) is -0.00382. The number of aliphatic hydroxyl groups is 1. The van der Waals surface area contributed by atoms with Crippen LogP contribution in [0.4, 0.5) is 8.78 Å². The summed E-state index contributed by atoms with van der Waals surface area (Å²) in [5.74, 6) is -6.32. The molecule has 1 rings (SSSR count). The van der Waals surface area contributed by atoms with Gasteiger partial charge in [0.1, 0.15) is 5.60 Å². The highest BCUT2D eigenvalue weighted by molar-refractivity contribution is 5.77. The van der Waals surface area contributed by atoms with Crippen LogP contribution in [0.25, 0.3) is 0 Å². The predicted octanol–water partition coefficient (Wildman–Crippen LogP) is 0.943. The van der Waals surface area contributed by atoms with E-state index < -0.39 is 17.5 Å². The van der Waals surface area contributed by atoms with Gasteiger partial charge in [-0.05, 0) is 32.4 Å². The van der Waals surface area contributed by atoms with Crippen molar-refractivity contribution in [3.63, 3.8) is 0 Å². The van der Waals surface area contributed by atoms with Gasteiger partial charge in [0.05, 0.1) is 0 Å². The number of likely N-dealkylation sites (tertiary alicyclic amines) is 1. The summed E-state index contributed by atoms with van der Waals surface area (Å²) in [4.78, 5) is 12.4. The Morgan fingerprint density at radius 2 is 2.06 bits per heavy atom. The molecule has 0 bridgehead atoms. The topological polar surface area (TPSA) is 60.8 Å². The highest BCUT2D eigenvalue weighted by Crippen LogP contribution is 2.37. The van der Waals surface area contributed by atoms with Gasteiger partial charge in [-0.3, -0.25) is 0 Å². The molecule has 0 aliphatic carbocycles. The lowest BCUT2D eigenvalue weighted by molar-refractivity contribution is -0.211. The lowest BCUT2D eigenvalue weighted by Crippen LogP contribution is -2.53. The molecule has 1 unspecified atom stereocenters. The highest BCUT2D eigenvalue weighted by Gasteiger charge is 2.58. The fourth-order valence-corrected chi connectivity index (χ4v) is 2.00. The Kier molecular flexibility index (Phi) is 3.85. The first-order valence-corrected chi connectivity index (χ1v) is 5.39. The van der Waals surface area contributed by atoms with Crippen molar-refractivity contribution in [1.29, 1.82) is 0 Å². The summed E-state index contributed by atoms with van der Waals surface area (Å²) in [5.41, 5.74) is -2.41. The summed E-state index contributed by atoms with van der Waals surface area (Å²) in [7, 11) is 0. The lowest BCUT2D eigenvalue weighted by atomic mass is 9.88. The van der Waals surface area contributed by atoms with Crippen molar-refractivity contribution in [3.05, 3.63) is 0 Å². The Labute approximate surface area is 92.9 Å². The van der Waals surface area contributed by atoms with Crippen molar-refractivity contribution < 1.29 is 23.8 Å². The SMILES string of the molecule is CCN1CCCC(O)(C(F)(F)C(=O)O)CC1. The number of rotatable bonds is 3. The van der Waals surface area contributed by atoms with Gasteiger partial charge in [0, 0.05) is 6.54 Å². The van der Waals surface area contributed by atoms with Crippen LogP contribution in [0.3, 0.4) is 0 Å². The first-order chi connectivity index (χ1) is 7.33. The number of halogens is 2. The Hall–Kier alpha value is -0.750. The molecule has 0 spiro atoms. The average molecular weight is 237 g/mol. The molecule has 0 amide bonds. The second kappa shape index (κ2) is 4.63. The van der Waals surface area contributed by atoms with E-state index in [1.807, 2.05) is 11.8 Å². The standard InChI is InChI=1S/C10H17F2NO3/c1-2-13-6-3-4-9(16,5-7-13)10(11,12)8(14)15/h16H,2-7H2,1H3,(H,14,15). The first-order valence-electron chi connectivity index (χ1n) is 5.39. The van der Waals surface area contributed by atoms with E-state index in [4.69, 9.17) is 5.11 Å². The number of alkyl halides is 2. The molecule has 1 saturated heterocycles. The number of hydrogen-bond donors (Lipinski definition) is 2. The molecular weight excluding hydrogens is 220 g/mol. The van der Waals surface area contributed by atoms with Crippen LogP contribution in [0.5, 0.6) is 0 Å². The van der Waals surface area contributed by atoms with E-state index in [-0.39, 0.29) is 12.8 Å². The minimum atomic E-state index is -4.07. The van der Waals surface area contributed by atoms with E-state index >= 15 is 0 Å². The molecule has 4 nitrogen and oxygen atoms in total. The van der Waals surface area contributed by atoms with Crippen LogP contribution in [0, 0.1) is 0 Å². The third-order valence-corrected chi connectivity index (χ3v) is 3.21. The molecule has 0 aromatic rings. The molecule has 94 valence electrons. The number of carboxylic acids is 1. The van der Waals surface area contributed by atoms with E-state index in [9.17, 15) is 18.7 Å². The molecule has 16 heavy (non-hydrogen) atoms. The van der Waals surface area contributed by atoms with Crippen molar-refractivity contribution in [2.75, 3.05) is 19.6 Å². The molecule has 6 heteroatoms. The van der Waals surface area contributed by atoms with Gasteiger partial charge >= 0.3 is 11.9 Å². The second-order valence-electron chi connectivity index (χ2n) is 4.20. The average Bonchev–Trinajstić information content (AvgIpc) is 2.41. The van der Waals surface area contributed by atoms with Crippen LogP contribution < -0.4 is 0 Å². The second-order valence-corrected chi connectivity index (χ2v) is 4.20. The molecule has 0 aromatic heterocycles. The minimum absolute atomic E-state index is 0.178. The molecule has 1 aliphatic heterocycles. The molecule has 0 radical (unpaired) electrons. The van der Waals surface area contributed by atoms with Gasteiger partial charge in [-0.25, -0.2) is 4.79 Å². The van der Waals surface area contributed by atoms with Crippen LogP contribution in [0.15, 0.2) is 0 Å². The number of carboxylic acid groups (broad SMARTS) is 1. The van der Waals surface area contributed by atoms with E-state index in [0.717, 1.165) is 0 Å². The van der Waals surface area contributed by atoms with Crippen molar-refractivity contribution >= 4 is 5.97 Å². The van der Waals surface area contributed by atoms with Crippen LogP contribution in [0.2, 0.25) is 0 Å². The number of aliphatic carboxylic acids is 1. The van der Waals surface area contributed by atoms with E-state index in [1.54, 1.807) is 0 Å². The first kappa shape index (κ1) is 13.3. The van der Waals surface area contributed by atoms with Gasteiger partial charge in [-0.15, -0.1) is 0 Å². The van der Waals surface area contributed by atoms with E-state index in [1.165, 1.54) is 0 Å². The molecular formula is C10H17F2NO3. The molecule has 1 heterocycles. The van der Waals surface area contributed by atoms with Gasteiger partial charge in [0.15, 0.2) is 0 Å². The molecule has 0 saturated carbocycles. The zero-order chi connectivity index (χ0) is 12.4. The van der Waals surface area contributed by atoms with Crippen molar-refractivity contribution in [2.24, 2.45) is 0 Å². The van der Waals surface area contributed by atoms with Gasteiger partial charge in [0.25, 0.3) is 0 Å².